The van der Waals surface area contributed by atoms with E-state index in [2.05, 4.69) is 27.3 Å². The van der Waals surface area contributed by atoms with Crippen molar-refractivity contribution in [2.45, 2.75) is 25.9 Å². The van der Waals surface area contributed by atoms with Crippen molar-refractivity contribution in [3.8, 4) is 17.2 Å². The lowest BCUT2D eigenvalue weighted by Gasteiger charge is -2.17. The first-order valence-corrected chi connectivity index (χ1v) is 8.95. The normalized spacial score (nSPS) is 13.7. The number of rotatable bonds is 8. The van der Waals surface area contributed by atoms with E-state index in [-0.39, 0.29) is 0 Å². The lowest BCUT2D eigenvalue weighted by molar-refractivity contribution is 0.321. The molecule has 26 heavy (non-hydrogen) atoms. The lowest BCUT2D eigenvalue weighted by atomic mass is 10.1. The highest BCUT2D eigenvalue weighted by Crippen LogP contribution is 2.39. The van der Waals surface area contributed by atoms with Crippen molar-refractivity contribution in [3.05, 3.63) is 41.6 Å². The molecule has 1 fully saturated rings. The van der Waals surface area contributed by atoms with Crippen molar-refractivity contribution in [3.63, 3.8) is 0 Å². The van der Waals surface area contributed by atoms with Crippen LogP contribution in [0.15, 0.2) is 30.5 Å². The van der Waals surface area contributed by atoms with Gasteiger partial charge in [0.25, 0.3) is 0 Å². The summed E-state index contributed by atoms with van der Waals surface area (Å²) in [5.74, 6) is 3.05. The number of aromatic nitrogens is 1. The van der Waals surface area contributed by atoms with Gasteiger partial charge in [0, 0.05) is 37.9 Å². The zero-order valence-corrected chi connectivity index (χ0v) is 15.7. The minimum absolute atomic E-state index is 0.617. The minimum atomic E-state index is 0.617. The van der Waals surface area contributed by atoms with Gasteiger partial charge in [0.1, 0.15) is 5.82 Å². The summed E-state index contributed by atoms with van der Waals surface area (Å²) in [4.78, 5) is 6.93. The molecule has 0 atom stereocenters. The maximum atomic E-state index is 5.52. The van der Waals surface area contributed by atoms with Gasteiger partial charge < -0.3 is 24.4 Å². The molecule has 1 saturated heterocycles. The number of nitrogens with one attached hydrogen (secondary N) is 1. The fraction of sp³-hybridized carbons (Fsp3) is 0.450. The van der Waals surface area contributed by atoms with E-state index < -0.39 is 0 Å². The van der Waals surface area contributed by atoms with Crippen LogP contribution in [-0.2, 0) is 13.1 Å². The average molecular weight is 357 g/mol. The highest BCUT2D eigenvalue weighted by molar-refractivity contribution is 5.55. The van der Waals surface area contributed by atoms with Crippen LogP contribution in [0, 0.1) is 0 Å². The first-order chi connectivity index (χ1) is 12.8. The second-order valence-electron chi connectivity index (χ2n) is 6.32. The van der Waals surface area contributed by atoms with E-state index in [1.54, 1.807) is 21.3 Å². The Kier molecular flexibility index (Phi) is 6.17. The van der Waals surface area contributed by atoms with Crippen LogP contribution in [-0.4, -0.2) is 39.4 Å². The Hall–Kier alpha value is -2.47. The van der Waals surface area contributed by atoms with E-state index >= 15 is 0 Å². The van der Waals surface area contributed by atoms with Gasteiger partial charge in [-0.25, -0.2) is 4.98 Å². The van der Waals surface area contributed by atoms with E-state index in [1.165, 1.54) is 12.8 Å². The van der Waals surface area contributed by atoms with Crippen molar-refractivity contribution < 1.29 is 14.2 Å². The quantitative estimate of drug-likeness (QED) is 0.784. The van der Waals surface area contributed by atoms with E-state index in [1.807, 2.05) is 18.3 Å². The van der Waals surface area contributed by atoms with Gasteiger partial charge in [0.15, 0.2) is 11.5 Å². The van der Waals surface area contributed by atoms with Gasteiger partial charge in [-0.1, -0.05) is 12.1 Å². The molecule has 0 bridgehead atoms. The predicted molar refractivity (Wildman–Crippen MR) is 102 cm³/mol. The molecule has 1 N–H and O–H groups in total. The largest absolute Gasteiger partial charge is 0.493 e. The third-order valence-electron chi connectivity index (χ3n) is 4.67. The molecule has 0 saturated carbocycles. The van der Waals surface area contributed by atoms with Gasteiger partial charge in [-0.3, -0.25) is 0 Å². The fourth-order valence-electron chi connectivity index (χ4n) is 3.30. The van der Waals surface area contributed by atoms with Gasteiger partial charge in [-0.05, 0) is 30.5 Å². The molecule has 2 heterocycles. The Balaban J connectivity index is 1.61. The fourth-order valence-corrected chi connectivity index (χ4v) is 3.30. The summed E-state index contributed by atoms with van der Waals surface area (Å²) in [5, 5.41) is 3.44. The van der Waals surface area contributed by atoms with Gasteiger partial charge in [-0.15, -0.1) is 0 Å². The smallest absolute Gasteiger partial charge is 0.203 e. The van der Waals surface area contributed by atoms with E-state index in [4.69, 9.17) is 14.2 Å². The number of nitrogens with zero attached hydrogens (tertiary/aromatic N) is 2. The number of methoxy groups -OCH3 is 3. The number of anilines is 1. The summed E-state index contributed by atoms with van der Waals surface area (Å²) in [5.41, 5.74) is 2.18. The topological polar surface area (TPSA) is 55.9 Å². The van der Waals surface area contributed by atoms with Crippen molar-refractivity contribution in [1.82, 2.24) is 10.3 Å². The summed E-state index contributed by atoms with van der Waals surface area (Å²) in [6.07, 6.45) is 4.47. The van der Waals surface area contributed by atoms with E-state index in [0.717, 1.165) is 36.6 Å². The zero-order valence-electron chi connectivity index (χ0n) is 15.7. The monoisotopic (exact) mass is 357 g/mol. The molecule has 1 aromatic heterocycles. The summed E-state index contributed by atoms with van der Waals surface area (Å²) in [6.45, 7) is 3.63. The highest BCUT2D eigenvalue weighted by atomic mass is 16.5. The van der Waals surface area contributed by atoms with Crippen molar-refractivity contribution in [2.24, 2.45) is 0 Å². The number of hydrogen-bond acceptors (Lipinski definition) is 6. The molecule has 3 rings (SSSR count). The average Bonchev–Trinajstić information content (AvgIpc) is 3.22. The molecular weight excluding hydrogens is 330 g/mol. The molecule has 6 nitrogen and oxygen atoms in total. The molecule has 0 unspecified atom stereocenters. The van der Waals surface area contributed by atoms with Crippen LogP contribution in [0.5, 0.6) is 17.2 Å². The van der Waals surface area contributed by atoms with Gasteiger partial charge >= 0.3 is 0 Å². The second-order valence-corrected chi connectivity index (χ2v) is 6.32. The molecule has 140 valence electrons. The van der Waals surface area contributed by atoms with Crippen LogP contribution in [0.1, 0.15) is 24.0 Å². The third kappa shape index (κ3) is 4.02. The molecule has 0 spiro atoms. The summed E-state index contributed by atoms with van der Waals surface area (Å²) < 4.78 is 16.3. The van der Waals surface area contributed by atoms with Crippen LogP contribution in [0.2, 0.25) is 0 Å². The van der Waals surface area contributed by atoms with Crippen LogP contribution < -0.4 is 24.4 Å². The lowest BCUT2D eigenvalue weighted by Crippen LogP contribution is -2.19. The van der Waals surface area contributed by atoms with Gasteiger partial charge in [-0.2, -0.15) is 0 Å². The number of ether oxygens (including phenoxy) is 3. The van der Waals surface area contributed by atoms with Crippen molar-refractivity contribution in [1.29, 1.82) is 0 Å². The maximum Gasteiger partial charge on any atom is 0.203 e. The Bertz CT molecular complexity index is 713. The molecule has 1 aromatic carbocycles. The standard InChI is InChI=1S/C20H27N3O3/c1-24-17-8-7-16(19(25-2)20(17)26-3)14-21-12-15-6-9-18(22-13-15)23-10-4-5-11-23/h6-9,13,21H,4-5,10-12,14H2,1-3H3. The van der Waals surface area contributed by atoms with Crippen LogP contribution in [0.25, 0.3) is 0 Å². The van der Waals surface area contributed by atoms with Crippen molar-refractivity contribution in [2.75, 3.05) is 39.3 Å². The molecule has 0 amide bonds. The molecular formula is C20H27N3O3. The molecule has 0 radical (unpaired) electrons. The Morgan fingerprint density at radius 2 is 1.69 bits per heavy atom. The Morgan fingerprint density at radius 1 is 0.923 bits per heavy atom. The van der Waals surface area contributed by atoms with E-state index in [0.29, 0.717) is 23.8 Å². The predicted octanol–water partition coefficient (Wildman–Crippen LogP) is 3.00. The number of benzene rings is 1. The molecule has 0 aliphatic carbocycles. The maximum absolute atomic E-state index is 5.52. The summed E-state index contributed by atoms with van der Waals surface area (Å²) >= 11 is 0. The SMILES string of the molecule is COc1ccc(CNCc2ccc(N3CCCC3)nc2)c(OC)c1OC. The van der Waals surface area contributed by atoms with Crippen LogP contribution in [0.4, 0.5) is 5.82 Å². The minimum Gasteiger partial charge on any atom is -0.493 e. The van der Waals surface area contributed by atoms with Gasteiger partial charge in [0.05, 0.1) is 21.3 Å². The number of pyridine rings is 1. The molecule has 1 aliphatic heterocycles. The summed E-state index contributed by atoms with van der Waals surface area (Å²) in [7, 11) is 4.88. The van der Waals surface area contributed by atoms with Crippen LogP contribution >= 0.6 is 0 Å². The van der Waals surface area contributed by atoms with Crippen LogP contribution in [0.3, 0.4) is 0 Å². The first kappa shape index (κ1) is 18.3. The molecule has 6 heteroatoms. The molecule has 1 aliphatic rings. The van der Waals surface area contributed by atoms with Gasteiger partial charge in [0.2, 0.25) is 5.75 Å². The zero-order chi connectivity index (χ0) is 18.4. The summed E-state index contributed by atoms with van der Waals surface area (Å²) in [6, 6.07) is 8.13. The highest BCUT2D eigenvalue weighted by Gasteiger charge is 2.16. The first-order valence-electron chi connectivity index (χ1n) is 8.95. The Morgan fingerprint density at radius 3 is 2.31 bits per heavy atom. The van der Waals surface area contributed by atoms with Crippen molar-refractivity contribution >= 4 is 5.82 Å². The molecule has 2 aromatic rings. The second kappa shape index (κ2) is 8.76. The Labute approximate surface area is 155 Å². The van der Waals surface area contributed by atoms with E-state index in [9.17, 15) is 0 Å². The third-order valence-corrected chi connectivity index (χ3v) is 4.67. The number of hydrogen-bond donors (Lipinski definition) is 1.